The summed E-state index contributed by atoms with van der Waals surface area (Å²) in [7, 11) is 1.43. The number of carbonyl (C=O) groups excluding carboxylic acids is 2. The average Bonchev–Trinajstić information content (AvgIpc) is 3.09. The van der Waals surface area contributed by atoms with Gasteiger partial charge in [-0.15, -0.1) is 0 Å². The van der Waals surface area contributed by atoms with E-state index in [4.69, 9.17) is 18.5 Å². The van der Waals surface area contributed by atoms with Crippen molar-refractivity contribution in [3.63, 3.8) is 0 Å². The molecule has 0 spiro atoms. The molecule has 9 nitrogen and oxygen atoms in total. The number of hydrogen-bond acceptors (Lipinski definition) is 7. The number of hydrogen-bond donors (Lipinski definition) is 1. The fraction of sp³-hybridized carbons (Fsp3) is 0.714. The van der Waals surface area contributed by atoms with Crippen LogP contribution in [0.2, 0.25) is 0 Å². The number of nitrogens with zero attached hydrogens (tertiary/aromatic N) is 1. The van der Waals surface area contributed by atoms with Crippen LogP contribution in [0.3, 0.4) is 0 Å². The van der Waals surface area contributed by atoms with E-state index in [9.17, 15) is 19.0 Å². The zero-order valence-corrected chi connectivity index (χ0v) is 34.4. The van der Waals surface area contributed by atoms with Gasteiger partial charge < -0.3 is 18.9 Å². The largest absolute Gasteiger partial charge is 0.472 e. The van der Waals surface area contributed by atoms with Gasteiger partial charge in [0, 0.05) is 12.8 Å². The maximum atomic E-state index is 12.6. The van der Waals surface area contributed by atoms with Gasteiger partial charge in [-0.1, -0.05) is 139 Å². The minimum Gasteiger partial charge on any atom is -0.462 e. The van der Waals surface area contributed by atoms with Crippen molar-refractivity contribution < 1.29 is 42.1 Å². The Kier molecular flexibility index (Phi) is 33.0. The summed E-state index contributed by atoms with van der Waals surface area (Å²) in [6, 6.07) is 0. The lowest BCUT2D eigenvalue weighted by Gasteiger charge is -2.24. The molecule has 0 saturated carbocycles. The van der Waals surface area contributed by atoms with Gasteiger partial charge in [0.2, 0.25) is 0 Å². The molecule has 0 aromatic rings. The van der Waals surface area contributed by atoms with E-state index < -0.39 is 26.5 Å². The minimum absolute atomic E-state index is 0.0193. The molecule has 300 valence electrons. The van der Waals surface area contributed by atoms with Crippen LogP contribution in [0.5, 0.6) is 0 Å². The Labute approximate surface area is 317 Å². The highest BCUT2D eigenvalue weighted by molar-refractivity contribution is 7.47. The number of unbranched alkanes of at least 4 members (excludes halogenated alkanes) is 11. The first-order valence-corrected chi connectivity index (χ1v) is 21.5. The Morgan fingerprint density at radius 1 is 0.615 bits per heavy atom. The fourth-order valence-corrected chi connectivity index (χ4v) is 5.67. The SMILES string of the molecule is CC/C=C\C/C=C\C/C=C\C/C=C\C/C=C\CCCC(=O)OC(COC(=O)CCCCCCCCCCCCC)COP(=O)(O)OCC[N+](C)(C)C. The summed E-state index contributed by atoms with van der Waals surface area (Å²) >= 11 is 0. The zero-order valence-electron chi connectivity index (χ0n) is 33.5. The summed E-state index contributed by atoms with van der Waals surface area (Å²) in [6.45, 7) is 4.21. The number of carbonyl (C=O) groups is 2. The molecular formula is C42H75NO8P+. The second-order valence-electron chi connectivity index (χ2n) is 14.3. The van der Waals surface area contributed by atoms with Gasteiger partial charge in [0.1, 0.15) is 19.8 Å². The summed E-state index contributed by atoms with van der Waals surface area (Å²) in [5.41, 5.74) is 0. The van der Waals surface area contributed by atoms with Crippen LogP contribution >= 0.6 is 7.82 Å². The fourth-order valence-electron chi connectivity index (χ4n) is 4.93. The number of rotatable bonds is 35. The molecule has 0 aliphatic heterocycles. The van der Waals surface area contributed by atoms with Crippen LogP contribution in [0.25, 0.3) is 0 Å². The highest BCUT2D eigenvalue weighted by atomic mass is 31.2. The summed E-state index contributed by atoms with van der Waals surface area (Å²) in [5.74, 6) is -0.872. The van der Waals surface area contributed by atoms with Crippen molar-refractivity contribution in [1.29, 1.82) is 0 Å². The third-order valence-electron chi connectivity index (χ3n) is 8.06. The number of phosphoric acid groups is 1. The van der Waals surface area contributed by atoms with E-state index in [0.29, 0.717) is 23.9 Å². The molecule has 2 atom stereocenters. The van der Waals surface area contributed by atoms with Gasteiger partial charge in [0.15, 0.2) is 6.10 Å². The summed E-state index contributed by atoms with van der Waals surface area (Å²) in [6.07, 6.45) is 39.9. The molecule has 0 aromatic carbocycles. The third-order valence-corrected chi connectivity index (χ3v) is 9.05. The van der Waals surface area contributed by atoms with Crippen LogP contribution in [0.15, 0.2) is 60.8 Å². The van der Waals surface area contributed by atoms with Gasteiger partial charge in [0.25, 0.3) is 0 Å². The van der Waals surface area contributed by atoms with Crippen molar-refractivity contribution in [3.05, 3.63) is 60.8 Å². The molecule has 0 fully saturated rings. The molecule has 2 unspecified atom stereocenters. The second kappa shape index (κ2) is 34.5. The number of allylic oxidation sites excluding steroid dienone is 10. The zero-order chi connectivity index (χ0) is 38.6. The second-order valence-corrected chi connectivity index (χ2v) is 15.7. The van der Waals surface area contributed by atoms with Crippen molar-refractivity contribution in [2.45, 2.75) is 148 Å². The van der Waals surface area contributed by atoms with E-state index >= 15 is 0 Å². The first kappa shape index (κ1) is 49.7. The molecule has 10 heteroatoms. The van der Waals surface area contributed by atoms with Crippen LogP contribution in [0.1, 0.15) is 142 Å². The van der Waals surface area contributed by atoms with Gasteiger partial charge in [-0.05, 0) is 51.4 Å². The Morgan fingerprint density at radius 2 is 1.10 bits per heavy atom. The Balaban J connectivity index is 4.53. The molecule has 0 saturated heterocycles. The summed E-state index contributed by atoms with van der Waals surface area (Å²) in [4.78, 5) is 35.2. The number of likely N-dealkylation sites (N-methyl/N-ethyl adjacent to an activating group) is 1. The monoisotopic (exact) mass is 753 g/mol. The first-order valence-electron chi connectivity index (χ1n) is 20.0. The molecule has 0 amide bonds. The van der Waals surface area contributed by atoms with Crippen molar-refractivity contribution in [2.75, 3.05) is 47.5 Å². The van der Waals surface area contributed by atoms with Gasteiger partial charge in [-0.2, -0.15) is 0 Å². The van der Waals surface area contributed by atoms with Crippen molar-refractivity contribution in [2.24, 2.45) is 0 Å². The lowest BCUT2D eigenvalue weighted by molar-refractivity contribution is -0.870. The van der Waals surface area contributed by atoms with E-state index in [1.54, 1.807) is 0 Å². The highest BCUT2D eigenvalue weighted by Crippen LogP contribution is 2.43. The molecule has 52 heavy (non-hydrogen) atoms. The van der Waals surface area contributed by atoms with Crippen LogP contribution in [0, 0.1) is 0 Å². The first-order chi connectivity index (χ1) is 25.0. The van der Waals surface area contributed by atoms with Gasteiger partial charge in [0.05, 0.1) is 27.7 Å². The molecule has 0 radical (unpaired) electrons. The lowest BCUT2D eigenvalue weighted by Crippen LogP contribution is -2.37. The third kappa shape index (κ3) is 37.5. The quantitative estimate of drug-likeness (QED) is 0.0224. The predicted molar refractivity (Wildman–Crippen MR) is 215 cm³/mol. The van der Waals surface area contributed by atoms with E-state index in [2.05, 4.69) is 68.5 Å². The summed E-state index contributed by atoms with van der Waals surface area (Å²) in [5, 5.41) is 0. The van der Waals surface area contributed by atoms with Crippen LogP contribution in [-0.4, -0.2) is 74.9 Å². The van der Waals surface area contributed by atoms with Gasteiger partial charge in [-0.25, -0.2) is 4.57 Å². The predicted octanol–water partition coefficient (Wildman–Crippen LogP) is 10.9. The lowest BCUT2D eigenvalue weighted by atomic mass is 10.1. The van der Waals surface area contributed by atoms with E-state index in [1.807, 2.05) is 27.2 Å². The van der Waals surface area contributed by atoms with Crippen LogP contribution in [-0.2, 0) is 32.7 Å². The molecular weight excluding hydrogens is 677 g/mol. The van der Waals surface area contributed by atoms with Gasteiger partial charge >= 0.3 is 19.8 Å². The standard InChI is InChI=1S/C42H74NO8P/c1-6-8-10-12-14-16-18-19-20-21-22-23-25-27-29-31-33-35-42(45)51-40(39-50-52(46,47)49-37-36-43(3,4)5)38-48-41(44)34-32-30-28-26-24-17-15-13-11-9-7-2/h8,10,14,16,19-20,22-23,27,29,40H,6-7,9,11-13,15,17-18,21,24-26,28,30-39H2,1-5H3/p+1/b10-8-,16-14-,20-19-,23-22-,29-27-. The van der Waals surface area contributed by atoms with Crippen molar-refractivity contribution >= 4 is 19.8 Å². The number of ether oxygens (including phenoxy) is 2. The smallest absolute Gasteiger partial charge is 0.462 e. The Morgan fingerprint density at radius 3 is 1.62 bits per heavy atom. The molecule has 0 bridgehead atoms. The number of quaternary nitrogens is 1. The molecule has 0 aliphatic rings. The van der Waals surface area contributed by atoms with E-state index in [0.717, 1.165) is 51.4 Å². The van der Waals surface area contributed by atoms with Crippen LogP contribution in [0.4, 0.5) is 0 Å². The molecule has 0 heterocycles. The molecule has 0 aliphatic carbocycles. The molecule has 0 aromatic heterocycles. The maximum Gasteiger partial charge on any atom is 0.472 e. The molecule has 0 rings (SSSR count). The topological polar surface area (TPSA) is 108 Å². The number of esters is 2. The normalized spacial score (nSPS) is 14.3. The maximum absolute atomic E-state index is 12.6. The average molecular weight is 753 g/mol. The minimum atomic E-state index is -4.38. The Bertz CT molecular complexity index is 1080. The van der Waals surface area contributed by atoms with Crippen molar-refractivity contribution in [1.82, 2.24) is 0 Å². The van der Waals surface area contributed by atoms with Crippen molar-refractivity contribution in [3.8, 4) is 0 Å². The van der Waals surface area contributed by atoms with E-state index in [-0.39, 0.29) is 32.0 Å². The Hall–Kier alpha value is -2.29. The van der Waals surface area contributed by atoms with Crippen LogP contribution < -0.4 is 0 Å². The highest BCUT2D eigenvalue weighted by Gasteiger charge is 2.27. The van der Waals surface area contributed by atoms with Gasteiger partial charge in [-0.3, -0.25) is 18.6 Å². The molecule has 1 N–H and O–H groups in total. The van der Waals surface area contributed by atoms with E-state index in [1.165, 1.54) is 51.4 Å². The number of phosphoric ester groups is 1. The summed E-state index contributed by atoms with van der Waals surface area (Å²) < 4.78 is 34.1.